The predicted molar refractivity (Wildman–Crippen MR) is 120 cm³/mol. The van der Waals surface area contributed by atoms with Crippen LogP contribution in [0.3, 0.4) is 0 Å². The van der Waals surface area contributed by atoms with Gasteiger partial charge in [0, 0.05) is 24.4 Å². The summed E-state index contributed by atoms with van der Waals surface area (Å²) in [6, 6.07) is 20.2. The van der Waals surface area contributed by atoms with Crippen LogP contribution in [0.5, 0.6) is 17.2 Å². The number of amides is 2. The van der Waals surface area contributed by atoms with Crippen LogP contribution in [-0.4, -0.2) is 37.2 Å². The van der Waals surface area contributed by atoms with Gasteiger partial charge in [0.25, 0.3) is 5.91 Å². The Morgan fingerprint density at radius 2 is 1.66 bits per heavy atom. The molecule has 1 aliphatic heterocycles. The number of fused-ring (bicyclic) bond motifs is 1. The minimum absolute atomic E-state index is 0.0682. The normalized spacial score (nSPS) is 13.2. The smallest absolute Gasteiger partial charge is 0.251 e. The first-order chi connectivity index (χ1) is 15.5. The van der Waals surface area contributed by atoms with Crippen LogP contribution in [0.4, 0.5) is 5.69 Å². The van der Waals surface area contributed by atoms with E-state index in [2.05, 4.69) is 5.32 Å². The number of carbonyl (C=O) groups is 2. The van der Waals surface area contributed by atoms with Gasteiger partial charge in [-0.3, -0.25) is 9.59 Å². The monoisotopic (exact) mass is 432 g/mol. The Bertz CT molecular complexity index is 1100. The van der Waals surface area contributed by atoms with E-state index in [4.69, 9.17) is 9.47 Å². The first kappa shape index (κ1) is 21.2. The molecule has 0 radical (unpaired) electrons. The second-order valence-electron chi connectivity index (χ2n) is 7.47. The molecule has 164 valence electrons. The first-order valence-electron chi connectivity index (χ1n) is 10.3. The minimum Gasteiger partial charge on any atom is -0.508 e. The van der Waals surface area contributed by atoms with Crippen molar-refractivity contribution >= 4 is 17.5 Å². The van der Waals surface area contributed by atoms with Crippen LogP contribution in [0.1, 0.15) is 28.4 Å². The first-order valence-corrected chi connectivity index (χ1v) is 10.3. The van der Waals surface area contributed by atoms with Gasteiger partial charge in [0.1, 0.15) is 19.0 Å². The Balaban J connectivity index is 1.52. The summed E-state index contributed by atoms with van der Waals surface area (Å²) in [6.45, 7) is 0.966. The van der Waals surface area contributed by atoms with E-state index in [-0.39, 0.29) is 24.0 Å². The van der Waals surface area contributed by atoms with Crippen molar-refractivity contribution in [2.45, 2.75) is 12.5 Å². The van der Waals surface area contributed by atoms with Crippen LogP contribution in [-0.2, 0) is 4.79 Å². The lowest BCUT2D eigenvalue weighted by Gasteiger charge is -2.25. The van der Waals surface area contributed by atoms with Crippen LogP contribution in [0, 0.1) is 0 Å². The zero-order chi connectivity index (χ0) is 22.5. The molecule has 0 fully saturated rings. The SMILES string of the molecule is CN(C(=O)CC(NC(=O)c1ccc(O)cc1)c1ccccc1)c1ccc2c(c1)OCCO2. The molecule has 0 aromatic heterocycles. The van der Waals surface area contributed by atoms with E-state index in [0.29, 0.717) is 36.0 Å². The van der Waals surface area contributed by atoms with Crippen molar-refractivity contribution in [3.63, 3.8) is 0 Å². The Labute approximate surface area is 186 Å². The van der Waals surface area contributed by atoms with Crippen molar-refractivity contribution in [2.75, 3.05) is 25.2 Å². The van der Waals surface area contributed by atoms with Crippen molar-refractivity contribution < 1.29 is 24.2 Å². The van der Waals surface area contributed by atoms with E-state index in [1.54, 1.807) is 30.1 Å². The lowest BCUT2D eigenvalue weighted by Crippen LogP contribution is -2.34. The Kier molecular flexibility index (Phi) is 6.26. The maximum absolute atomic E-state index is 13.1. The standard InChI is InChI=1S/C25H24N2O5/c1-27(19-9-12-22-23(15-19)32-14-13-31-22)24(29)16-21(17-5-3-2-4-6-17)26-25(30)18-7-10-20(28)11-8-18/h2-12,15,21,28H,13-14,16H2,1H3,(H,26,30). The summed E-state index contributed by atoms with van der Waals surface area (Å²) in [4.78, 5) is 27.4. The number of phenols is 1. The highest BCUT2D eigenvalue weighted by Crippen LogP contribution is 2.34. The van der Waals surface area contributed by atoms with Crippen LogP contribution < -0.4 is 19.7 Å². The molecule has 2 amide bonds. The van der Waals surface area contributed by atoms with Crippen molar-refractivity contribution in [3.05, 3.63) is 83.9 Å². The number of ether oxygens (including phenoxy) is 2. The van der Waals surface area contributed by atoms with Gasteiger partial charge >= 0.3 is 0 Å². The van der Waals surface area contributed by atoms with Gasteiger partial charge in [-0.05, 0) is 42.0 Å². The molecular formula is C25H24N2O5. The Morgan fingerprint density at radius 3 is 2.38 bits per heavy atom. The quantitative estimate of drug-likeness (QED) is 0.620. The second-order valence-corrected chi connectivity index (χ2v) is 7.47. The molecule has 0 spiro atoms. The molecule has 0 saturated carbocycles. The summed E-state index contributed by atoms with van der Waals surface area (Å²) >= 11 is 0. The summed E-state index contributed by atoms with van der Waals surface area (Å²) in [5.41, 5.74) is 1.90. The Hall–Kier alpha value is -4.00. The number of rotatable bonds is 6. The molecule has 32 heavy (non-hydrogen) atoms. The van der Waals surface area contributed by atoms with Crippen LogP contribution in [0.25, 0.3) is 0 Å². The lowest BCUT2D eigenvalue weighted by atomic mass is 10.0. The van der Waals surface area contributed by atoms with Gasteiger partial charge in [-0.1, -0.05) is 30.3 Å². The minimum atomic E-state index is -0.523. The van der Waals surface area contributed by atoms with Crippen molar-refractivity contribution in [1.82, 2.24) is 5.32 Å². The van der Waals surface area contributed by atoms with Gasteiger partial charge in [-0.2, -0.15) is 0 Å². The maximum Gasteiger partial charge on any atom is 0.251 e. The van der Waals surface area contributed by atoms with E-state index in [0.717, 1.165) is 5.56 Å². The van der Waals surface area contributed by atoms with E-state index < -0.39 is 6.04 Å². The summed E-state index contributed by atoms with van der Waals surface area (Å²) < 4.78 is 11.2. The molecule has 0 bridgehead atoms. The number of hydrogen-bond acceptors (Lipinski definition) is 5. The number of phenolic OH excluding ortho intramolecular Hbond substituents is 1. The summed E-state index contributed by atoms with van der Waals surface area (Å²) in [5, 5.41) is 12.4. The third-order valence-corrected chi connectivity index (χ3v) is 5.30. The van der Waals surface area contributed by atoms with Gasteiger partial charge in [0.2, 0.25) is 5.91 Å². The molecule has 7 heteroatoms. The number of benzene rings is 3. The van der Waals surface area contributed by atoms with Crippen LogP contribution >= 0.6 is 0 Å². The molecule has 1 atom stereocenters. The molecule has 3 aromatic rings. The highest BCUT2D eigenvalue weighted by Gasteiger charge is 2.23. The van der Waals surface area contributed by atoms with E-state index in [9.17, 15) is 14.7 Å². The van der Waals surface area contributed by atoms with Gasteiger partial charge in [0.05, 0.1) is 12.5 Å². The van der Waals surface area contributed by atoms with Crippen LogP contribution in [0.15, 0.2) is 72.8 Å². The molecule has 1 aliphatic rings. The molecule has 7 nitrogen and oxygen atoms in total. The summed E-state index contributed by atoms with van der Waals surface area (Å²) in [6.07, 6.45) is 0.0682. The van der Waals surface area contributed by atoms with Crippen molar-refractivity contribution in [3.8, 4) is 17.2 Å². The van der Waals surface area contributed by atoms with E-state index in [1.165, 1.54) is 24.3 Å². The highest BCUT2D eigenvalue weighted by molar-refractivity contribution is 5.96. The van der Waals surface area contributed by atoms with E-state index in [1.807, 2.05) is 30.3 Å². The summed E-state index contributed by atoms with van der Waals surface area (Å²) in [7, 11) is 1.69. The number of carbonyl (C=O) groups excluding carboxylic acids is 2. The molecule has 4 rings (SSSR count). The fourth-order valence-electron chi connectivity index (χ4n) is 3.49. The number of aromatic hydroxyl groups is 1. The number of hydrogen-bond donors (Lipinski definition) is 2. The molecule has 2 N–H and O–H groups in total. The van der Waals surface area contributed by atoms with Crippen molar-refractivity contribution in [2.24, 2.45) is 0 Å². The topological polar surface area (TPSA) is 88.1 Å². The molecule has 1 unspecified atom stereocenters. The van der Waals surface area contributed by atoms with Gasteiger partial charge < -0.3 is 24.8 Å². The number of nitrogens with zero attached hydrogens (tertiary/aromatic N) is 1. The predicted octanol–water partition coefficient (Wildman–Crippen LogP) is 3.69. The fourth-order valence-corrected chi connectivity index (χ4v) is 3.49. The van der Waals surface area contributed by atoms with Crippen molar-refractivity contribution in [1.29, 1.82) is 0 Å². The average molecular weight is 432 g/mol. The van der Waals surface area contributed by atoms with Crippen LogP contribution in [0.2, 0.25) is 0 Å². The molecule has 1 heterocycles. The van der Waals surface area contributed by atoms with E-state index >= 15 is 0 Å². The molecule has 3 aromatic carbocycles. The Morgan fingerprint density at radius 1 is 0.969 bits per heavy atom. The van der Waals surface area contributed by atoms with Gasteiger partial charge in [-0.15, -0.1) is 0 Å². The maximum atomic E-state index is 13.1. The van der Waals surface area contributed by atoms with Gasteiger partial charge in [-0.25, -0.2) is 0 Å². The zero-order valence-electron chi connectivity index (χ0n) is 17.7. The third kappa shape index (κ3) is 4.83. The molecular weight excluding hydrogens is 408 g/mol. The fraction of sp³-hybridized carbons (Fsp3) is 0.200. The summed E-state index contributed by atoms with van der Waals surface area (Å²) in [5.74, 6) is 0.852. The molecule has 0 saturated heterocycles. The highest BCUT2D eigenvalue weighted by atomic mass is 16.6. The number of nitrogens with one attached hydrogen (secondary N) is 1. The largest absolute Gasteiger partial charge is 0.508 e. The zero-order valence-corrected chi connectivity index (χ0v) is 17.7. The average Bonchev–Trinajstić information content (AvgIpc) is 2.83. The second kappa shape index (κ2) is 9.43. The third-order valence-electron chi connectivity index (χ3n) is 5.30. The number of anilines is 1. The van der Waals surface area contributed by atoms with Gasteiger partial charge in [0.15, 0.2) is 11.5 Å². The lowest BCUT2D eigenvalue weighted by molar-refractivity contribution is -0.118. The molecule has 0 aliphatic carbocycles.